The lowest BCUT2D eigenvalue weighted by atomic mass is 10.1. The van der Waals surface area contributed by atoms with Crippen molar-refractivity contribution in [2.75, 3.05) is 18.8 Å². The largest absolute Gasteiger partial charge is 0.391 e. The minimum atomic E-state index is -0.329. The lowest BCUT2D eigenvalue weighted by molar-refractivity contribution is -0.133. The third-order valence-electron chi connectivity index (χ3n) is 3.08. The Morgan fingerprint density at radius 1 is 1.39 bits per heavy atom. The molecule has 1 N–H and O–H groups in total. The molecule has 0 unspecified atom stereocenters. The van der Waals surface area contributed by atoms with Gasteiger partial charge in [0.15, 0.2) is 0 Å². The summed E-state index contributed by atoms with van der Waals surface area (Å²) in [4.78, 5) is 14.9. The second kappa shape index (κ2) is 6.81. The van der Waals surface area contributed by atoms with Crippen molar-refractivity contribution >= 4 is 17.7 Å². The number of aliphatic hydroxyl groups is 1. The van der Waals surface area contributed by atoms with Crippen molar-refractivity contribution in [2.45, 2.75) is 30.3 Å². The Hall–Kier alpha value is -1.00. The molecule has 1 heterocycles. The van der Waals surface area contributed by atoms with Crippen LogP contribution >= 0.6 is 11.8 Å². The maximum absolute atomic E-state index is 11.9. The first kappa shape index (κ1) is 13.4. The highest BCUT2D eigenvalue weighted by Crippen LogP contribution is 2.19. The number of benzene rings is 1. The van der Waals surface area contributed by atoms with Crippen LogP contribution in [0.25, 0.3) is 0 Å². The molecule has 2 rings (SSSR count). The summed E-state index contributed by atoms with van der Waals surface area (Å²) in [6, 6.07) is 10.1. The molecule has 18 heavy (non-hydrogen) atoms. The fourth-order valence-electron chi connectivity index (χ4n) is 2.11. The molecule has 1 atom stereocenters. The number of rotatable bonds is 4. The SMILES string of the molecule is O=C(CCSc1ccccc1)N1CCC[C@H](O)C1. The molecule has 1 saturated heterocycles. The number of amides is 1. The second-order valence-corrected chi connectivity index (χ2v) is 5.72. The molecule has 0 aromatic heterocycles. The van der Waals surface area contributed by atoms with Crippen molar-refractivity contribution in [3.63, 3.8) is 0 Å². The van der Waals surface area contributed by atoms with Crippen LogP contribution in [0.1, 0.15) is 19.3 Å². The first-order valence-corrected chi connectivity index (χ1v) is 7.38. The summed E-state index contributed by atoms with van der Waals surface area (Å²) in [5.74, 6) is 0.965. The number of carbonyl (C=O) groups excluding carboxylic acids is 1. The topological polar surface area (TPSA) is 40.5 Å². The standard InChI is InChI=1S/C14H19NO2S/c16-12-5-4-9-15(11-12)14(17)8-10-18-13-6-2-1-3-7-13/h1-3,6-7,12,16H,4-5,8-11H2/t12-/m0/s1. The normalized spacial score (nSPS) is 19.8. The highest BCUT2D eigenvalue weighted by Gasteiger charge is 2.21. The lowest BCUT2D eigenvalue weighted by Crippen LogP contribution is -2.42. The molecule has 0 spiro atoms. The Morgan fingerprint density at radius 2 is 2.17 bits per heavy atom. The molecule has 1 aliphatic rings. The molecule has 1 aromatic rings. The number of aliphatic hydroxyl groups excluding tert-OH is 1. The molecular weight excluding hydrogens is 246 g/mol. The Labute approximate surface area is 112 Å². The molecule has 98 valence electrons. The van der Waals surface area contributed by atoms with Gasteiger partial charge in [0.05, 0.1) is 6.10 Å². The number of β-amino-alcohol motifs (C(OH)–C–C–N with tert-alkyl or cyclic N) is 1. The molecule has 0 saturated carbocycles. The van der Waals surface area contributed by atoms with Crippen molar-refractivity contribution in [3.8, 4) is 0 Å². The molecule has 1 aromatic carbocycles. The van der Waals surface area contributed by atoms with E-state index < -0.39 is 0 Å². The van der Waals surface area contributed by atoms with Gasteiger partial charge >= 0.3 is 0 Å². The molecule has 1 amide bonds. The maximum Gasteiger partial charge on any atom is 0.223 e. The zero-order valence-electron chi connectivity index (χ0n) is 10.4. The molecule has 1 fully saturated rings. The van der Waals surface area contributed by atoms with Crippen molar-refractivity contribution in [2.24, 2.45) is 0 Å². The van der Waals surface area contributed by atoms with Crippen LogP contribution in [0, 0.1) is 0 Å². The van der Waals surface area contributed by atoms with E-state index in [2.05, 4.69) is 12.1 Å². The minimum Gasteiger partial charge on any atom is -0.391 e. The Kier molecular flexibility index (Phi) is 5.08. The van der Waals surface area contributed by atoms with E-state index in [1.54, 1.807) is 16.7 Å². The van der Waals surface area contributed by atoms with Gasteiger partial charge in [-0.1, -0.05) is 18.2 Å². The van der Waals surface area contributed by atoms with E-state index in [1.807, 2.05) is 18.2 Å². The second-order valence-electron chi connectivity index (χ2n) is 4.55. The van der Waals surface area contributed by atoms with Gasteiger partial charge in [-0.3, -0.25) is 4.79 Å². The van der Waals surface area contributed by atoms with Crippen LogP contribution in [-0.4, -0.2) is 40.9 Å². The number of thioether (sulfide) groups is 1. The van der Waals surface area contributed by atoms with E-state index in [9.17, 15) is 9.90 Å². The van der Waals surface area contributed by atoms with E-state index in [-0.39, 0.29) is 12.0 Å². The summed E-state index contributed by atoms with van der Waals surface area (Å²) < 4.78 is 0. The summed E-state index contributed by atoms with van der Waals surface area (Å²) in [7, 11) is 0. The minimum absolute atomic E-state index is 0.164. The molecule has 4 heteroatoms. The fourth-order valence-corrected chi connectivity index (χ4v) is 2.97. The number of nitrogens with zero attached hydrogens (tertiary/aromatic N) is 1. The van der Waals surface area contributed by atoms with Gasteiger partial charge in [-0.25, -0.2) is 0 Å². The predicted octanol–water partition coefficient (Wildman–Crippen LogP) is 2.15. The van der Waals surface area contributed by atoms with Gasteiger partial charge in [0.25, 0.3) is 0 Å². The van der Waals surface area contributed by atoms with Crippen molar-refractivity contribution in [1.29, 1.82) is 0 Å². The van der Waals surface area contributed by atoms with Crippen LogP contribution < -0.4 is 0 Å². The molecule has 0 radical (unpaired) electrons. The van der Waals surface area contributed by atoms with Crippen molar-refractivity contribution in [1.82, 2.24) is 4.90 Å². The maximum atomic E-state index is 11.9. The van der Waals surface area contributed by atoms with Crippen LogP contribution in [0.4, 0.5) is 0 Å². The van der Waals surface area contributed by atoms with Crippen LogP contribution in [0.15, 0.2) is 35.2 Å². The average Bonchev–Trinajstić information content (AvgIpc) is 2.40. The summed E-state index contributed by atoms with van der Waals surface area (Å²) in [6.07, 6.45) is 1.96. The van der Waals surface area contributed by atoms with Crippen LogP contribution in [0.3, 0.4) is 0 Å². The number of piperidine rings is 1. The lowest BCUT2D eigenvalue weighted by Gasteiger charge is -2.30. The van der Waals surface area contributed by atoms with Gasteiger partial charge in [-0.15, -0.1) is 11.8 Å². The van der Waals surface area contributed by atoms with Gasteiger partial charge in [-0.05, 0) is 25.0 Å². The number of hydrogen-bond acceptors (Lipinski definition) is 3. The van der Waals surface area contributed by atoms with E-state index >= 15 is 0 Å². The summed E-state index contributed by atoms with van der Waals surface area (Å²) in [6.45, 7) is 1.31. The third-order valence-corrected chi connectivity index (χ3v) is 4.09. The van der Waals surface area contributed by atoms with E-state index in [0.29, 0.717) is 13.0 Å². The Balaban J connectivity index is 1.71. The Morgan fingerprint density at radius 3 is 2.89 bits per heavy atom. The zero-order valence-corrected chi connectivity index (χ0v) is 11.2. The summed E-state index contributed by atoms with van der Waals surface area (Å²) in [5, 5.41) is 9.53. The van der Waals surface area contributed by atoms with Crippen LogP contribution in [0.2, 0.25) is 0 Å². The zero-order chi connectivity index (χ0) is 12.8. The van der Waals surface area contributed by atoms with Gasteiger partial charge in [-0.2, -0.15) is 0 Å². The molecule has 0 bridgehead atoms. The first-order valence-electron chi connectivity index (χ1n) is 6.39. The number of hydrogen-bond donors (Lipinski definition) is 1. The van der Waals surface area contributed by atoms with Gasteiger partial charge in [0.1, 0.15) is 0 Å². The third kappa shape index (κ3) is 4.03. The summed E-state index contributed by atoms with van der Waals surface area (Å²) >= 11 is 1.70. The van der Waals surface area contributed by atoms with E-state index in [1.165, 1.54) is 4.90 Å². The van der Waals surface area contributed by atoms with Gasteiger partial charge < -0.3 is 10.0 Å². The van der Waals surface area contributed by atoms with E-state index in [4.69, 9.17) is 0 Å². The first-order chi connectivity index (χ1) is 8.75. The monoisotopic (exact) mass is 265 g/mol. The summed E-state index contributed by atoms with van der Waals surface area (Å²) in [5.41, 5.74) is 0. The molecule has 3 nitrogen and oxygen atoms in total. The Bertz CT molecular complexity index is 383. The smallest absolute Gasteiger partial charge is 0.223 e. The fraction of sp³-hybridized carbons (Fsp3) is 0.500. The highest BCUT2D eigenvalue weighted by atomic mass is 32.2. The van der Waals surface area contributed by atoms with Gasteiger partial charge in [0.2, 0.25) is 5.91 Å². The van der Waals surface area contributed by atoms with Crippen molar-refractivity contribution in [3.05, 3.63) is 30.3 Å². The number of likely N-dealkylation sites (tertiary alicyclic amines) is 1. The predicted molar refractivity (Wildman–Crippen MR) is 73.6 cm³/mol. The van der Waals surface area contributed by atoms with E-state index in [0.717, 1.165) is 25.1 Å². The highest BCUT2D eigenvalue weighted by molar-refractivity contribution is 7.99. The average molecular weight is 265 g/mol. The van der Waals surface area contributed by atoms with Crippen LogP contribution in [0.5, 0.6) is 0 Å². The molecule has 1 aliphatic heterocycles. The van der Waals surface area contributed by atoms with Crippen LogP contribution in [-0.2, 0) is 4.79 Å². The number of carbonyl (C=O) groups is 1. The molecule has 0 aliphatic carbocycles. The quantitative estimate of drug-likeness (QED) is 0.848. The van der Waals surface area contributed by atoms with Crippen molar-refractivity contribution < 1.29 is 9.90 Å². The van der Waals surface area contributed by atoms with Gasteiger partial charge in [0, 0.05) is 30.2 Å². The molecular formula is C14H19NO2S.